The van der Waals surface area contributed by atoms with Crippen LogP contribution >= 0.6 is 11.3 Å². The molecule has 1 N–H and O–H groups in total. The number of anilines is 2. The molecule has 1 fully saturated rings. The topological polar surface area (TPSA) is 87.9 Å². The molecule has 8 nitrogen and oxygen atoms in total. The number of aryl methyl sites for hydroxylation is 1. The minimum Gasteiger partial charge on any atom is -0.477 e. The fraction of sp³-hybridized carbons (Fsp3) is 0.292. The van der Waals surface area contributed by atoms with Gasteiger partial charge in [-0.1, -0.05) is 23.5 Å². The number of aromatic carboxylic acids is 1. The molecule has 2 aromatic heterocycles. The van der Waals surface area contributed by atoms with Gasteiger partial charge in [0.25, 0.3) is 0 Å². The van der Waals surface area contributed by atoms with Crippen LogP contribution in [-0.2, 0) is 6.54 Å². The maximum Gasteiger partial charge on any atom is 0.387 e. The van der Waals surface area contributed by atoms with Crippen LogP contribution in [0.4, 0.5) is 24.0 Å². The highest BCUT2D eigenvalue weighted by molar-refractivity contribution is 7.22. The molecule has 36 heavy (non-hydrogen) atoms. The summed E-state index contributed by atoms with van der Waals surface area (Å²) in [7, 11) is 0. The number of hydrogen-bond acceptors (Lipinski definition) is 7. The second kappa shape index (κ2) is 9.34. The highest BCUT2D eigenvalue weighted by atomic mass is 32.1. The van der Waals surface area contributed by atoms with Crippen LogP contribution in [0, 0.1) is 5.82 Å². The van der Waals surface area contributed by atoms with Gasteiger partial charge in [-0.25, -0.2) is 14.2 Å². The average molecular weight is 519 g/mol. The predicted octanol–water partition coefficient (Wildman–Crippen LogP) is 4.40. The SMILES string of the molecule is CCn1cc(C(=O)O)c(=O)c2cc(F)c(N3CCN(c4nc5ccccc5s4)CC3)c(OC(F)F)c21. The fourth-order valence-corrected chi connectivity index (χ4v) is 5.52. The summed E-state index contributed by atoms with van der Waals surface area (Å²) < 4.78 is 49.6. The number of carbonyl (C=O) groups is 1. The summed E-state index contributed by atoms with van der Waals surface area (Å²) in [5, 5.41) is 9.86. The second-order valence-electron chi connectivity index (χ2n) is 8.21. The van der Waals surface area contributed by atoms with Gasteiger partial charge < -0.3 is 24.2 Å². The van der Waals surface area contributed by atoms with E-state index in [1.54, 1.807) is 11.8 Å². The molecule has 0 aliphatic carbocycles. The number of carboxylic acids is 1. The van der Waals surface area contributed by atoms with Crippen LogP contribution in [0.2, 0.25) is 0 Å². The molecule has 0 radical (unpaired) electrons. The van der Waals surface area contributed by atoms with Crippen molar-refractivity contribution in [2.24, 2.45) is 0 Å². The molecular weight excluding hydrogens is 497 g/mol. The number of hydrogen-bond donors (Lipinski definition) is 1. The predicted molar refractivity (Wildman–Crippen MR) is 131 cm³/mol. The van der Waals surface area contributed by atoms with Crippen LogP contribution < -0.4 is 20.0 Å². The first kappa shape index (κ1) is 23.9. The molecule has 2 aromatic carbocycles. The average Bonchev–Trinajstić information content (AvgIpc) is 3.29. The molecule has 0 spiro atoms. The standard InChI is InChI=1S/C24H21F3N4O4S/c1-2-29-12-14(22(33)34)20(32)13-11-15(25)19(21(18(13)29)35-23(26)27)30-7-9-31(10-8-30)24-28-16-5-3-4-6-17(16)36-24/h3-6,11-12,23H,2,7-10H2,1H3,(H,33,34). The Morgan fingerprint density at radius 3 is 2.53 bits per heavy atom. The monoisotopic (exact) mass is 518 g/mol. The van der Waals surface area contributed by atoms with E-state index in [9.17, 15) is 23.5 Å². The van der Waals surface area contributed by atoms with Crippen molar-refractivity contribution in [2.45, 2.75) is 20.1 Å². The van der Waals surface area contributed by atoms with E-state index in [-0.39, 0.29) is 23.1 Å². The third-order valence-corrected chi connectivity index (χ3v) is 7.27. The molecule has 0 atom stereocenters. The number of fused-ring (bicyclic) bond motifs is 2. The quantitative estimate of drug-likeness (QED) is 0.405. The number of rotatable bonds is 6. The molecule has 3 heterocycles. The molecule has 1 aliphatic rings. The smallest absolute Gasteiger partial charge is 0.387 e. The largest absolute Gasteiger partial charge is 0.477 e. The Morgan fingerprint density at radius 2 is 1.89 bits per heavy atom. The van der Waals surface area contributed by atoms with Crippen molar-refractivity contribution in [1.82, 2.24) is 9.55 Å². The molecule has 12 heteroatoms. The van der Waals surface area contributed by atoms with Crippen LogP contribution in [0.15, 0.2) is 41.3 Å². The number of piperazine rings is 1. The van der Waals surface area contributed by atoms with E-state index in [2.05, 4.69) is 9.88 Å². The molecule has 4 aromatic rings. The van der Waals surface area contributed by atoms with Gasteiger partial charge in [-0.2, -0.15) is 8.78 Å². The maximum atomic E-state index is 15.4. The lowest BCUT2D eigenvalue weighted by Crippen LogP contribution is -2.47. The van der Waals surface area contributed by atoms with E-state index in [1.807, 2.05) is 24.3 Å². The third-order valence-electron chi connectivity index (χ3n) is 6.17. The summed E-state index contributed by atoms with van der Waals surface area (Å²) in [6.45, 7) is 0.0308. The zero-order valence-electron chi connectivity index (χ0n) is 19.1. The number of halogens is 3. The van der Waals surface area contributed by atoms with Crippen molar-refractivity contribution in [3.63, 3.8) is 0 Å². The number of alkyl halides is 2. The lowest BCUT2D eigenvalue weighted by atomic mass is 10.1. The van der Waals surface area contributed by atoms with Crippen LogP contribution in [-0.4, -0.2) is 53.4 Å². The second-order valence-corrected chi connectivity index (χ2v) is 9.22. The first-order valence-corrected chi connectivity index (χ1v) is 12.0. The van der Waals surface area contributed by atoms with Crippen molar-refractivity contribution in [1.29, 1.82) is 0 Å². The van der Waals surface area contributed by atoms with Gasteiger partial charge in [-0.05, 0) is 25.1 Å². The van der Waals surface area contributed by atoms with Gasteiger partial charge in [0, 0.05) is 38.9 Å². The van der Waals surface area contributed by atoms with Gasteiger partial charge in [0.2, 0.25) is 5.43 Å². The summed E-state index contributed by atoms with van der Waals surface area (Å²) in [5.74, 6) is -2.91. The minimum atomic E-state index is -3.28. The van der Waals surface area contributed by atoms with Gasteiger partial charge in [0.05, 0.1) is 21.1 Å². The van der Waals surface area contributed by atoms with E-state index < -0.39 is 35.1 Å². The highest BCUT2D eigenvalue weighted by Gasteiger charge is 2.30. The Hall–Kier alpha value is -3.80. The summed E-state index contributed by atoms with van der Waals surface area (Å²) in [6.07, 6.45) is 1.07. The Kier molecular flexibility index (Phi) is 6.20. The summed E-state index contributed by atoms with van der Waals surface area (Å²) in [5.41, 5.74) is -0.919. The van der Waals surface area contributed by atoms with Crippen molar-refractivity contribution in [2.75, 3.05) is 36.0 Å². The molecule has 5 rings (SSSR count). The summed E-state index contributed by atoms with van der Waals surface area (Å²) in [6, 6.07) is 8.65. The van der Waals surface area contributed by atoms with E-state index in [0.717, 1.165) is 27.6 Å². The van der Waals surface area contributed by atoms with Crippen molar-refractivity contribution >= 4 is 49.2 Å². The number of benzene rings is 2. The van der Waals surface area contributed by atoms with E-state index in [0.29, 0.717) is 26.2 Å². The number of thiazole rings is 1. The number of para-hydroxylation sites is 1. The maximum absolute atomic E-state index is 15.4. The van der Waals surface area contributed by atoms with E-state index in [4.69, 9.17) is 4.74 Å². The van der Waals surface area contributed by atoms with Crippen molar-refractivity contribution < 1.29 is 27.8 Å². The molecule has 0 unspecified atom stereocenters. The number of ether oxygens (including phenoxy) is 1. The molecule has 0 saturated carbocycles. The van der Waals surface area contributed by atoms with E-state index in [1.165, 1.54) is 15.9 Å². The fourth-order valence-electron chi connectivity index (χ4n) is 4.50. The zero-order chi connectivity index (χ0) is 25.6. The Balaban J connectivity index is 1.56. The summed E-state index contributed by atoms with van der Waals surface area (Å²) in [4.78, 5) is 32.6. The summed E-state index contributed by atoms with van der Waals surface area (Å²) >= 11 is 1.54. The number of nitrogens with zero attached hydrogens (tertiary/aromatic N) is 4. The van der Waals surface area contributed by atoms with Crippen molar-refractivity contribution in [3.8, 4) is 5.75 Å². The number of carboxylic acid groups (broad SMARTS) is 1. The normalized spacial score (nSPS) is 14.2. The number of aromatic nitrogens is 2. The molecule has 1 saturated heterocycles. The van der Waals surface area contributed by atoms with Gasteiger partial charge in [0.1, 0.15) is 11.3 Å². The third kappa shape index (κ3) is 4.11. The highest BCUT2D eigenvalue weighted by Crippen LogP contribution is 2.40. The zero-order valence-corrected chi connectivity index (χ0v) is 19.9. The molecule has 1 aliphatic heterocycles. The molecule has 188 valence electrons. The van der Waals surface area contributed by atoms with E-state index >= 15 is 4.39 Å². The molecular formula is C24H21F3N4O4S. The Labute approximate surface area is 206 Å². The van der Waals surface area contributed by atoms with Crippen LogP contribution in [0.1, 0.15) is 17.3 Å². The van der Waals surface area contributed by atoms with Gasteiger partial charge in [-0.15, -0.1) is 0 Å². The lowest BCUT2D eigenvalue weighted by Gasteiger charge is -2.37. The Morgan fingerprint density at radius 1 is 1.19 bits per heavy atom. The molecule has 0 amide bonds. The van der Waals surface area contributed by atoms with Crippen LogP contribution in [0.25, 0.3) is 21.1 Å². The van der Waals surface area contributed by atoms with Gasteiger partial charge >= 0.3 is 12.6 Å². The first-order chi connectivity index (χ1) is 17.3. The molecule has 0 bridgehead atoms. The van der Waals surface area contributed by atoms with Crippen molar-refractivity contribution in [3.05, 3.63) is 58.1 Å². The Bertz CT molecular complexity index is 1500. The van der Waals surface area contributed by atoms with Gasteiger partial charge in [-0.3, -0.25) is 4.79 Å². The van der Waals surface area contributed by atoms with Crippen LogP contribution in [0.3, 0.4) is 0 Å². The van der Waals surface area contributed by atoms with Crippen LogP contribution in [0.5, 0.6) is 5.75 Å². The number of pyridine rings is 1. The first-order valence-electron chi connectivity index (χ1n) is 11.2. The lowest BCUT2D eigenvalue weighted by molar-refractivity contribution is -0.0488. The van der Waals surface area contributed by atoms with Gasteiger partial charge in [0.15, 0.2) is 16.7 Å². The minimum absolute atomic E-state index is 0.0715.